The second-order valence-electron chi connectivity index (χ2n) is 12.3. The normalized spacial score (nSPS) is 12.2. The van der Waals surface area contributed by atoms with Gasteiger partial charge in [0.2, 0.25) is 0 Å². The molecule has 2 aromatic heterocycles. The molecule has 0 aliphatic carbocycles. The third-order valence-electron chi connectivity index (χ3n) is 9.75. The first kappa shape index (κ1) is 28.2. The molecule has 6 aromatic carbocycles. The predicted molar refractivity (Wildman–Crippen MR) is 189 cm³/mol. The molecule has 8 aromatic rings. The zero-order chi connectivity index (χ0) is 31.9. The summed E-state index contributed by atoms with van der Waals surface area (Å²) in [5.74, 6) is 0.672. The largest absolute Gasteiger partial charge is 0.497 e. The summed E-state index contributed by atoms with van der Waals surface area (Å²) >= 11 is 0. The third kappa shape index (κ3) is 3.71. The van der Waals surface area contributed by atoms with Gasteiger partial charge in [-0.2, -0.15) is 0 Å². The minimum Gasteiger partial charge on any atom is -0.497 e. The molecule has 0 bridgehead atoms. The molecule has 0 saturated heterocycles. The lowest BCUT2D eigenvalue weighted by molar-refractivity contribution is 0.415. The Labute approximate surface area is 262 Å². The highest BCUT2D eigenvalue weighted by molar-refractivity contribution is 6.40. The van der Waals surface area contributed by atoms with Crippen molar-refractivity contribution in [3.05, 3.63) is 108 Å². The van der Waals surface area contributed by atoms with Crippen LogP contribution in [0.25, 0.3) is 75.4 Å². The number of unbranched alkanes of at least 4 members (excludes halogenated alkanes) is 2. The molecule has 0 aliphatic rings. The van der Waals surface area contributed by atoms with Gasteiger partial charge in [-0.15, -0.1) is 0 Å². The van der Waals surface area contributed by atoms with Gasteiger partial charge in [0.05, 0.1) is 7.11 Å². The molecule has 228 valence electrons. The number of nitrogens with zero attached hydrogens (tertiary/aromatic N) is 2. The summed E-state index contributed by atoms with van der Waals surface area (Å²) in [7, 11) is 1.63. The van der Waals surface area contributed by atoms with E-state index in [2.05, 4.69) is 0 Å². The smallest absolute Gasteiger partial charge is 0.261 e. The molecular formula is C39H32N2O5. The second-order valence-corrected chi connectivity index (χ2v) is 12.3. The average Bonchev–Trinajstić information content (AvgIpc) is 3.08. The van der Waals surface area contributed by atoms with Crippen LogP contribution in [-0.4, -0.2) is 16.2 Å². The maximum Gasteiger partial charge on any atom is 0.261 e. The molecule has 7 heteroatoms. The van der Waals surface area contributed by atoms with Crippen molar-refractivity contribution >= 4 is 75.4 Å². The number of ether oxygens (including phenoxy) is 1. The monoisotopic (exact) mass is 608 g/mol. The molecule has 0 unspecified atom stereocenters. The van der Waals surface area contributed by atoms with E-state index in [-0.39, 0.29) is 22.2 Å². The van der Waals surface area contributed by atoms with Crippen molar-refractivity contribution in [1.82, 2.24) is 9.13 Å². The van der Waals surface area contributed by atoms with Crippen molar-refractivity contribution in [2.45, 2.75) is 52.6 Å². The minimum absolute atomic E-state index is 0.270. The van der Waals surface area contributed by atoms with Crippen LogP contribution in [0.4, 0.5) is 0 Å². The van der Waals surface area contributed by atoms with Gasteiger partial charge < -0.3 is 4.74 Å². The summed E-state index contributed by atoms with van der Waals surface area (Å²) in [5.41, 5.74) is -1.15. The van der Waals surface area contributed by atoms with Crippen LogP contribution in [0.15, 0.2) is 85.9 Å². The minimum atomic E-state index is -0.306. The topological polar surface area (TPSA) is 87.4 Å². The Morgan fingerprint density at radius 2 is 0.891 bits per heavy atom. The van der Waals surface area contributed by atoms with Crippen LogP contribution in [0, 0.1) is 0 Å². The van der Waals surface area contributed by atoms with Gasteiger partial charge >= 0.3 is 0 Å². The fourth-order valence-corrected chi connectivity index (χ4v) is 7.55. The quantitative estimate of drug-likeness (QED) is 0.140. The van der Waals surface area contributed by atoms with E-state index in [1.165, 1.54) is 9.13 Å². The van der Waals surface area contributed by atoms with E-state index in [0.29, 0.717) is 51.2 Å². The van der Waals surface area contributed by atoms with Gasteiger partial charge in [0, 0.05) is 45.4 Å². The van der Waals surface area contributed by atoms with Crippen LogP contribution >= 0.6 is 0 Å². The Bertz CT molecular complexity index is 2800. The lowest BCUT2D eigenvalue weighted by Crippen LogP contribution is -2.33. The molecule has 0 radical (unpaired) electrons. The van der Waals surface area contributed by atoms with Crippen LogP contribution in [0.5, 0.6) is 5.75 Å². The van der Waals surface area contributed by atoms with E-state index < -0.39 is 0 Å². The number of pyridine rings is 2. The summed E-state index contributed by atoms with van der Waals surface area (Å²) in [6.07, 6.45) is 3.15. The van der Waals surface area contributed by atoms with E-state index >= 15 is 0 Å². The van der Waals surface area contributed by atoms with Gasteiger partial charge in [-0.1, -0.05) is 57.0 Å². The molecular weight excluding hydrogens is 576 g/mol. The Morgan fingerprint density at radius 1 is 0.478 bits per heavy atom. The van der Waals surface area contributed by atoms with Crippen molar-refractivity contribution in [1.29, 1.82) is 0 Å². The molecule has 8 rings (SSSR count). The average molecular weight is 609 g/mol. The van der Waals surface area contributed by atoms with Crippen molar-refractivity contribution < 1.29 is 4.74 Å². The summed E-state index contributed by atoms with van der Waals surface area (Å²) in [5, 5.41) is 10.2. The Hall–Kier alpha value is -5.30. The lowest BCUT2D eigenvalue weighted by Gasteiger charge is -2.19. The summed E-state index contributed by atoms with van der Waals surface area (Å²) in [4.78, 5) is 55.5. The number of aromatic nitrogens is 2. The number of hydrogen-bond donors (Lipinski definition) is 0. The Balaban J connectivity index is 1.69. The van der Waals surface area contributed by atoms with Gasteiger partial charge in [-0.25, -0.2) is 0 Å². The highest BCUT2D eigenvalue weighted by atomic mass is 16.5. The van der Waals surface area contributed by atoms with Crippen LogP contribution in [-0.2, 0) is 13.1 Å². The first-order valence-corrected chi connectivity index (χ1v) is 16.0. The lowest BCUT2D eigenvalue weighted by atomic mass is 9.86. The van der Waals surface area contributed by atoms with Crippen molar-refractivity contribution in [3.63, 3.8) is 0 Å². The summed E-state index contributed by atoms with van der Waals surface area (Å²) in [6.45, 7) is 4.78. The van der Waals surface area contributed by atoms with Crippen LogP contribution in [0.1, 0.15) is 39.5 Å². The van der Waals surface area contributed by atoms with Crippen LogP contribution in [0.2, 0.25) is 0 Å². The number of rotatable bonds is 7. The van der Waals surface area contributed by atoms with Gasteiger partial charge in [0.1, 0.15) is 5.75 Å². The molecule has 0 amide bonds. The van der Waals surface area contributed by atoms with Crippen molar-refractivity contribution in [2.75, 3.05) is 7.11 Å². The van der Waals surface area contributed by atoms with E-state index in [0.717, 1.165) is 68.8 Å². The molecule has 0 atom stereocenters. The van der Waals surface area contributed by atoms with Gasteiger partial charge in [-0.3, -0.25) is 28.3 Å². The number of fused-ring (bicyclic) bond motifs is 8. The SMILES string of the molecule is CCCCn1c(=O)c2cccc3c2c(cc2c4cc5c(=O)n(CCCC)c(=O)c6cccc(c65)c4c4cc(OC)ccc4c23)c1=O. The molecule has 0 aliphatic heterocycles. The Morgan fingerprint density at radius 3 is 1.37 bits per heavy atom. The van der Waals surface area contributed by atoms with Gasteiger partial charge in [0.15, 0.2) is 0 Å². The predicted octanol–water partition coefficient (Wildman–Crippen LogP) is 7.29. The first-order chi connectivity index (χ1) is 22.4. The van der Waals surface area contributed by atoms with E-state index in [4.69, 9.17) is 4.74 Å². The number of benzene rings is 6. The molecule has 0 saturated carbocycles. The van der Waals surface area contributed by atoms with Gasteiger partial charge in [0.25, 0.3) is 22.2 Å². The third-order valence-corrected chi connectivity index (χ3v) is 9.75. The molecule has 0 fully saturated rings. The number of hydrogen-bond acceptors (Lipinski definition) is 5. The fraction of sp³-hybridized carbons (Fsp3) is 0.231. The standard InChI is InChI=1S/C39H32N2O5/c1-4-6-16-40-36(42)25-12-8-10-23-32-22-15-14-21(46-3)18-27(22)35-24-11-9-13-26-34(24)31(39(45)41(37(26)43)17-7-5-2)20-29(35)28(32)19-30(33(23)25)38(40)44/h8-15,18-20H,4-7,16-17H2,1-3H3. The van der Waals surface area contributed by atoms with E-state index in [1.807, 2.05) is 68.4 Å². The molecule has 2 heterocycles. The highest BCUT2D eigenvalue weighted by Crippen LogP contribution is 2.45. The van der Waals surface area contributed by atoms with Gasteiger partial charge in [-0.05, 0) is 92.3 Å². The van der Waals surface area contributed by atoms with E-state index in [1.54, 1.807) is 19.2 Å². The molecule has 7 nitrogen and oxygen atoms in total. The van der Waals surface area contributed by atoms with Crippen molar-refractivity contribution in [3.8, 4) is 5.75 Å². The zero-order valence-electron chi connectivity index (χ0n) is 26.0. The maximum atomic E-state index is 14.1. The van der Waals surface area contributed by atoms with E-state index in [9.17, 15) is 19.2 Å². The molecule has 0 N–H and O–H groups in total. The second kappa shape index (κ2) is 10.4. The molecule has 46 heavy (non-hydrogen) atoms. The van der Waals surface area contributed by atoms with Crippen LogP contribution < -0.4 is 27.0 Å². The van der Waals surface area contributed by atoms with Crippen molar-refractivity contribution in [2.24, 2.45) is 0 Å². The molecule has 0 spiro atoms. The van der Waals surface area contributed by atoms with Crippen LogP contribution in [0.3, 0.4) is 0 Å². The fourth-order valence-electron chi connectivity index (χ4n) is 7.55. The first-order valence-electron chi connectivity index (χ1n) is 16.0. The highest BCUT2D eigenvalue weighted by Gasteiger charge is 2.23. The zero-order valence-corrected chi connectivity index (χ0v) is 26.0. The summed E-state index contributed by atoms with van der Waals surface area (Å²) in [6, 6.07) is 21.0. The maximum absolute atomic E-state index is 14.1. The summed E-state index contributed by atoms with van der Waals surface area (Å²) < 4.78 is 8.41. The Kier molecular flexibility index (Phi) is 6.36. The number of methoxy groups -OCH3 is 1.